The van der Waals surface area contributed by atoms with Crippen LogP contribution in [-0.2, 0) is 0 Å². The molecule has 1 aliphatic heterocycles. The van der Waals surface area contributed by atoms with Gasteiger partial charge in [0.15, 0.2) is 0 Å². The Balaban J connectivity index is 2.33. The Bertz CT molecular complexity index is 114. The Hall–Kier alpha value is 0.690. The standard InChI is InChI=1S/C9H18IN/c1-8(2)11-5-3-4-9(6-10)7-11/h8-9H,3-7H2,1-2H3. The largest absolute Gasteiger partial charge is 0.301 e. The second-order valence-electron chi connectivity index (χ2n) is 3.75. The fourth-order valence-corrected chi connectivity index (χ4v) is 2.41. The molecule has 11 heavy (non-hydrogen) atoms. The van der Waals surface area contributed by atoms with Gasteiger partial charge in [-0.2, -0.15) is 0 Å². The number of nitrogens with zero attached hydrogens (tertiary/aromatic N) is 1. The van der Waals surface area contributed by atoms with Crippen LogP contribution in [0.3, 0.4) is 0 Å². The van der Waals surface area contributed by atoms with Gasteiger partial charge < -0.3 is 4.90 Å². The molecule has 0 aliphatic carbocycles. The second-order valence-corrected chi connectivity index (χ2v) is 4.63. The normalized spacial score (nSPS) is 27.8. The zero-order chi connectivity index (χ0) is 8.27. The smallest absolute Gasteiger partial charge is 0.00387 e. The minimum Gasteiger partial charge on any atom is -0.301 e. The average Bonchev–Trinajstić information content (AvgIpc) is 2.05. The van der Waals surface area contributed by atoms with Gasteiger partial charge in [0.2, 0.25) is 0 Å². The first kappa shape index (κ1) is 9.78. The number of piperidine rings is 1. The molecule has 1 heterocycles. The SMILES string of the molecule is CC(C)N1CCCC(CI)C1. The van der Waals surface area contributed by atoms with Gasteiger partial charge in [-0.1, -0.05) is 22.6 Å². The molecule has 0 aromatic carbocycles. The van der Waals surface area contributed by atoms with Crippen LogP contribution in [0.4, 0.5) is 0 Å². The van der Waals surface area contributed by atoms with Gasteiger partial charge in [0.25, 0.3) is 0 Å². The van der Waals surface area contributed by atoms with Gasteiger partial charge in [0.05, 0.1) is 0 Å². The third-order valence-corrected chi connectivity index (χ3v) is 3.74. The summed E-state index contributed by atoms with van der Waals surface area (Å²) < 4.78 is 1.33. The van der Waals surface area contributed by atoms with Gasteiger partial charge in [-0.25, -0.2) is 0 Å². The number of likely N-dealkylation sites (tertiary alicyclic amines) is 1. The van der Waals surface area contributed by atoms with E-state index >= 15 is 0 Å². The lowest BCUT2D eigenvalue weighted by Crippen LogP contribution is -2.40. The maximum absolute atomic E-state index is 2.60. The summed E-state index contributed by atoms with van der Waals surface area (Å²) in [5, 5.41) is 0. The topological polar surface area (TPSA) is 3.24 Å². The number of rotatable bonds is 2. The third-order valence-electron chi connectivity index (χ3n) is 2.50. The van der Waals surface area contributed by atoms with E-state index in [0.29, 0.717) is 0 Å². The van der Waals surface area contributed by atoms with E-state index in [1.807, 2.05) is 0 Å². The third kappa shape index (κ3) is 2.90. The summed E-state index contributed by atoms with van der Waals surface area (Å²) in [6, 6.07) is 0.751. The van der Waals surface area contributed by atoms with Gasteiger partial charge in [-0.05, 0) is 39.2 Å². The van der Waals surface area contributed by atoms with Crippen molar-refractivity contribution in [1.82, 2.24) is 4.90 Å². The van der Waals surface area contributed by atoms with Gasteiger partial charge >= 0.3 is 0 Å². The summed E-state index contributed by atoms with van der Waals surface area (Å²) in [5.74, 6) is 0.965. The van der Waals surface area contributed by atoms with Crippen LogP contribution in [-0.4, -0.2) is 28.5 Å². The highest BCUT2D eigenvalue weighted by Crippen LogP contribution is 2.19. The highest BCUT2D eigenvalue weighted by Gasteiger charge is 2.20. The number of hydrogen-bond donors (Lipinski definition) is 0. The summed E-state index contributed by atoms with van der Waals surface area (Å²) in [4.78, 5) is 2.60. The first-order chi connectivity index (χ1) is 5.24. The van der Waals surface area contributed by atoms with Crippen molar-refractivity contribution in [3.63, 3.8) is 0 Å². The molecule has 1 unspecified atom stereocenters. The molecule has 66 valence electrons. The van der Waals surface area contributed by atoms with E-state index in [2.05, 4.69) is 41.3 Å². The van der Waals surface area contributed by atoms with Gasteiger partial charge in [-0.3, -0.25) is 0 Å². The monoisotopic (exact) mass is 267 g/mol. The van der Waals surface area contributed by atoms with Crippen molar-refractivity contribution in [1.29, 1.82) is 0 Å². The molecule has 0 bridgehead atoms. The zero-order valence-corrected chi connectivity index (χ0v) is 9.67. The molecule has 2 heteroatoms. The summed E-state index contributed by atoms with van der Waals surface area (Å²) in [5.41, 5.74) is 0. The molecule has 1 aliphatic rings. The molecule has 0 saturated carbocycles. The van der Waals surface area contributed by atoms with E-state index in [0.717, 1.165) is 12.0 Å². The molecule has 0 N–H and O–H groups in total. The summed E-state index contributed by atoms with van der Waals surface area (Å²) in [6.45, 7) is 7.26. The first-order valence-electron chi connectivity index (χ1n) is 4.54. The minimum absolute atomic E-state index is 0.751. The Kier molecular flexibility index (Phi) is 4.13. The van der Waals surface area contributed by atoms with Gasteiger partial charge in [-0.15, -0.1) is 0 Å². The summed E-state index contributed by atoms with van der Waals surface area (Å²) >= 11 is 2.51. The first-order valence-corrected chi connectivity index (χ1v) is 6.06. The van der Waals surface area contributed by atoms with Crippen molar-refractivity contribution >= 4 is 22.6 Å². The zero-order valence-electron chi connectivity index (χ0n) is 7.52. The lowest BCUT2D eigenvalue weighted by molar-refractivity contribution is 0.150. The van der Waals surface area contributed by atoms with Crippen LogP contribution < -0.4 is 0 Å². The van der Waals surface area contributed by atoms with E-state index in [9.17, 15) is 0 Å². The van der Waals surface area contributed by atoms with Crippen LogP contribution in [0.5, 0.6) is 0 Å². The lowest BCUT2D eigenvalue weighted by atomic mass is 9.99. The predicted octanol–water partition coefficient (Wildman–Crippen LogP) is 2.54. The molecule has 0 aromatic heterocycles. The van der Waals surface area contributed by atoms with Crippen LogP contribution in [0, 0.1) is 5.92 Å². The van der Waals surface area contributed by atoms with E-state index in [-0.39, 0.29) is 0 Å². The molecule has 1 saturated heterocycles. The predicted molar refractivity (Wildman–Crippen MR) is 58.3 cm³/mol. The molecular formula is C9H18IN. The minimum atomic E-state index is 0.751. The molecule has 1 nitrogen and oxygen atoms in total. The van der Waals surface area contributed by atoms with E-state index in [4.69, 9.17) is 0 Å². The molecule has 1 atom stereocenters. The fourth-order valence-electron chi connectivity index (χ4n) is 1.69. The highest BCUT2D eigenvalue weighted by atomic mass is 127. The molecular weight excluding hydrogens is 249 g/mol. The van der Waals surface area contributed by atoms with Crippen molar-refractivity contribution in [2.75, 3.05) is 17.5 Å². The summed E-state index contributed by atoms with van der Waals surface area (Å²) in [7, 11) is 0. The van der Waals surface area contributed by atoms with Crippen molar-refractivity contribution in [2.24, 2.45) is 5.92 Å². The van der Waals surface area contributed by atoms with Crippen molar-refractivity contribution in [3.8, 4) is 0 Å². The number of halogens is 1. The van der Waals surface area contributed by atoms with Crippen LogP contribution in [0.15, 0.2) is 0 Å². The fraction of sp³-hybridized carbons (Fsp3) is 1.00. The van der Waals surface area contributed by atoms with Crippen LogP contribution in [0.2, 0.25) is 0 Å². The van der Waals surface area contributed by atoms with Gasteiger partial charge in [0, 0.05) is 17.0 Å². The molecule has 0 radical (unpaired) electrons. The highest BCUT2D eigenvalue weighted by molar-refractivity contribution is 14.1. The maximum atomic E-state index is 2.60. The van der Waals surface area contributed by atoms with Crippen molar-refractivity contribution in [3.05, 3.63) is 0 Å². The lowest BCUT2D eigenvalue weighted by Gasteiger charge is -2.34. The molecule has 0 aromatic rings. The van der Waals surface area contributed by atoms with Crippen LogP contribution >= 0.6 is 22.6 Å². The maximum Gasteiger partial charge on any atom is 0.00387 e. The molecule has 0 amide bonds. The van der Waals surface area contributed by atoms with Crippen molar-refractivity contribution in [2.45, 2.75) is 32.7 Å². The Morgan fingerprint density at radius 3 is 2.82 bits per heavy atom. The van der Waals surface area contributed by atoms with E-state index < -0.39 is 0 Å². The Morgan fingerprint density at radius 1 is 1.55 bits per heavy atom. The quantitative estimate of drug-likeness (QED) is 0.549. The van der Waals surface area contributed by atoms with E-state index in [1.54, 1.807) is 0 Å². The van der Waals surface area contributed by atoms with Gasteiger partial charge in [0.1, 0.15) is 0 Å². The summed E-state index contributed by atoms with van der Waals surface area (Å²) in [6.07, 6.45) is 2.86. The second kappa shape index (κ2) is 4.65. The average molecular weight is 267 g/mol. The van der Waals surface area contributed by atoms with Crippen molar-refractivity contribution < 1.29 is 0 Å². The Morgan fingerprint density at radius 2 is 2.27 bits per heavy atom. The molecule has 1 rings (SSSR count). The van der Waals surface area contributed by atoms with E-state index in [1.165, 1.54) is 30.4 Å². The number of alkyl halides is 1. The number of hydrogen-bond acceptors (Lipinski definition) is 1. The molecule has 0 spiro atoms. The van der Waals surface area contributed by atoms with Crippen LogP contribution in [0.25, 0.3) is 0 Å². The Labute approximate surface area is 83.7 Å². The van der Waals surface area contributed by atoms with Crippen LogP contribution in [0.1, 0.15) is 26.7 Å². The molecule has 1 fully saturated rings.